The zero-order chi connectivity index (χ0) is 28.0. The molecule has 40 heavy (non-hydrogen) atoms. The fourth-order valence-electron chi connectivity index (χ4n) is 4.36. The van der Waals surface area contributed by atoms with Crippen molar-refractivity contribution in [2.24, 2.45) is 16.1 Å². The summed E-state index contributed by atoms with van der Waals surface area (Å²) in [5.41, 5.74) is 7.11. The molecule has 12 nitrogen and oxygen atoms in total. The molecule has 2 aromatic heterocycles. The van der Waals surface area contributed by atoms with E-state index in [-0.39, 0.29) is 24.9 Å². The number of anilines is 1. The topological polar surface area (TPSA) is 155 Å². The van der Waals surface area contributed by atoms with Crippen LogP contribution in [0.1, 0.15) is 25.5 Å². The van der Waals surface area contributed by atoms with Crippen LogP contribution in [0.5, 0.6) is 0 Å². The van der Waals surface area contributed by atoms with E-state index in [2.05, 4.69) is 30.2 Å². The summed E-state index contributed by atoms with van der Waals surface area (Å²) in [7, 11) is 0. The molecule has 1 amide bonds. The van der Waals surface area contributed by atoms with E-state index < -0.39 is 11.7 Å². The van der Waals surface area contributed by atoms with Crippen molar-refractivity contribution < 1.29 is 23.2 Å². The number of halogens is 1. The Bertz CT molecular complexity index is 1380. The summed E-state index contributed by atoms with van der Waals surface area (Å²) in [5.74, 6) is 0.357. The summed E-state index contributed by atoms with van der Waals surface area (Å²) in [6.45, 7) is 5.17. The highest BCUT2D eigenvalue weighted by Crippen LogP contribution is 2.35. The molecular weight excluding hydrogens is 517 g/mol. The molecular formula is C27H33FN9O3+. The van der Waals surface area contributed by atoms with E-state index in [9.17, 15) is 9.18 Å². The molecule has 2 aliphatic heterocycles. The third kappa shape index (κ3) is 6.38. The lowest BCUT2D eigenvalue weighted by molar-refractivity contribution is -0.504. The number of aromatic amines is 1. The minimum absolute atomic E-state index is 0.138. The first-order valence-corrected chi connectivity index (χ1v) is 13.2. The number of imidazole rings is 1. The quantitative estimate of drug-likeness (QED) is 0.208. The van der Waals surface area contributed by atoms with Gasteiger partial charge in [0.05, 0.1) is 42.3 Å². The summed E-state index contributed by atoms with van der Waals surface area (Å²) >= 11 is 0. The lowest BCUT2D eigenvalue weighted by Crippen LogP contribution is -2.49. The van der Waals surface area contributed by atoms with E-state index in [0.29, 0.717) is 54.1 Å². The Balaban J connectivity index is 1.34. The number of aliphatic imine (C=N–C) groups is 1. The van der Waals surface area contributed by atoms with Gasteiger partial charge in [-0.05, 0) is 37.3 Å². The second kappa shape index (κ2) is 12.4. The third-order valence-electron chi connectivity index (χ3n) is 6.62. The number of carbonyl (C=O) groups excluding carboxylic acids is 1. The van der Waals surface area contributed by atoms with Crippen molar-refractivity contribution in [3.63, 3.8) is 0 Å². The van der Waals surface area contributed by atoms with Gasteiger partial charge < -0.3 is 30.8 Å². The molecule has 0 aliphatic carbocycles. The van der Waals surface area contributed by atoms with Crippen molar-refractivity contribution in [1.29, 1.82) is 0 Å². The summed E-state index contributed by atoms with van der Waals surface area (Å²) in [6, 6.07) is 7.83. The van der Waals surface area contributed by atoms with Gasteiger partial charge in [0.25, 0.3) is 6.34 Å². The molecule has 2 aliphatic rings. The van der Waals surface area contributed by atoms with Crippen molar-refractivity contribution >= 4 is 24.4 Å². The Morgan fingerprint density at radius 2 is 2.00 bits per heavy atom. The fourth-order valence-corrected chi connectivity index (χ4v) is 4.36. The van der Waals surface area contributed by atoms with Crippen LogP contribution in [-0.2, 0) is 14.3 Å². The molecule has 210 valence electrons. The van der Waals surface area contributed by atoms with Gasteiger partial charge in [0, 0.05) is 37.8 Å². The number of nitrogens with zero attached hydrogens (tertiary/aromatic N) is 5. The fraction of sp³-hybridized carbons (Fsp3) is 0.407. The van der Waals surface area contributed by atoms with E-state index >= 15 is 0 Å². The number of nitrogens with one attached hydrogen (secondary N) is 3. The van der Waals surface area contributed by atoms with Gasteiger partial charge in [-0.3, -0.25) is 9.37 Å². The molecule has 13 heteroatoms. The van der Waals surface area contributed by atoms with Crippen LogP contribution in [0, 0.1) is 11.2 Å². The molecule has 0 saturated carbocycles. The first-order chi connectivity index (χ1) is 19.4. The second-order valence-corrected chi connectivity index (χ2v) is 9.90. The van der Waals surface area contributed by atoms with Crippen LogP contribution < -0.4 is 16.4 Å². The van der Waals surface area contributed by atoms with Gasteiger partial charge >= 0.3 is 0 Å². The minimum Gasteiger partial charge on any atom is -0.354 e. The van der Waals surface area contributed by atoms with Crippen molar-refractivity contribution in [2.75, 3.05) is 51.3 Å². The molecule has 3 aromatic rings. The maximum absolute atomic E-state index is 13.7. The maximum atomic E-state index is 13.7. The van der Waals surface area contributed by atoms with Gasteiger partial charge in [-0.2, -0.15) is 0 Å². The number of ether oxygens (including phenoxy) is 2. The van der Waals surface area contributed by atoms with Gasteiger partial charge in [-0.15, -0.1) is 0 Å². The average molecular weight is 551 g/mol. The molecule has 0 unspecified atom stereocenters. The third-order valence-corrected chi connectivity index (χ3v) is 6.62. The molecule has 0 atom stereocenters. The number of rotatable bonds is 11. The van der Waals surface area contributed by atoms with Crippen LogP contribution in [0.4, 0.5) is 10.3 Å². The number of hydrogen-bond acceptors (Lipinski definition) is 9. The summed E-state index contributed by atoms with van der Waals surface area (Å²) < 4.78 is 27.7. The first kappa shape index (κ1) is 27.5. The molecule has 1 aromatic carbocycles. The standard InChI is InChI=1S/C27H32FN9O3/c1-27(25(38)31-11-8-29)15-39-24(40-16-27)23-35-21(18-3-5-19(28)6-4-18)22(36-23)20-7-10-33-26(34-20)32-9-2-13-37-14-12-30-17-37/h3-7,10,12,17,24H,2,8-9,11,13-16,29H2,1H3,(H2-,31,32,33,34,35,36,38)/p+1. The SMILES string of the molecule is CC1(C(=O)NCCN)COC(c2nc(-c3ccc(F)cc3)c(-c3ccnc(NCCC[N+]4=CN=CC4)n3)[nH]2)OC1. The van der Waals surface area contributed by atoms with Gasteiger partial charge in [0.1, 0.15) is 12.4 Å². The molecule has 5 rings (SSSR count). The number of benzene rings is 1. The number of hydrogen-bond donors (Lipinski definition) is 4. The highest BCUT2D eigenvalue weighted by atomic mass is 19.1. The largest absolute Gasteiger partial charge is 0.354 e. The Hall–Kier alpha value is -4.07. The Morgan fingerprint density at radius 1 is 1.20 bits per heavy atom. The number of amides is 1. The van der Waals surface area contributed by atoms with Crippen LogP contribution in [0.15, 0.2) is 41.5 Å². The van der Waals surface area contributed by atoms with Gasteiger partial charge in [0.15, 0.2) is 12.0 Å². The molecule has 1 fully saturated rings. The normalized spacial score (nSPS) is 20.4. The highest BCUT2D eigenvalue weighted by molar-refractivity contribution is 5.82. The summed E-state index contributed by atoms with van der Waals surface area (Å²) in [5, 5.41) is 6.06. The average Bonchev–Trinajstić information content (AvgIpc) is 3.66. The zero-order valence-corrected chi connectivity index (χ0v) is 22.3. The van der Waals surface area contributed by atoms with E-state index in [0.717, 1.165) is 19.5 Å². The van der Waals surface area contributed by atoms with Gasteiger partial charge in [0.2, 0.25) is 18.1 Å². The van der Waals surface area contributed by atoms with E-state index in [1.807, 2.05) is 12.6 Å². The molecule has 0 spiro atoms. The van der Waals surface area contributed by atoms with Crippen LogP contribution in [0.3, 0.4) is 0 Å². The molecule has 0 bridgehead atoms. The number of nitrogens with two attached hydrogens (primary N) is 1. The predicted octanol–water partition coefficient (Wildman–Crippen LogP) is 1.73. The monoisotopic (exact) mass is 550 g/mol. The van der Waals surface area contributed by atoms with E-state index in [4.69, 9.17) is 25.2 Å². The lowest BCUT2D eigenvalue weighted by Gasteiger charge is -2.35. The smallest absolute Gasteiger partial charge is 0.281 e. The first-order valence-electron chi connectivity index (χ1n) is 13.2. The molecule has 4 heterocycles. The highest BCUT2D eigenvalue weighted by Gasteiger charge is 2.40. The van der Waals surface area contributed by atoms with Crippen molar-refractivity contribution in [1.82, 2.24) is 25.3 Å². The Morgan fingerprint density at radius 3 is 2.73 bits per heavy atom. The molecule has 0 radical (unpaired) electrons. The Kier molecular flexibility index (Phi) is 8.53. The summed E-state index contributed by atoms with van der Waals surface area (Å²) in [4.78, 5) is 33.8. The van der Waals surface area contributed by atoms with Gasteiger partial charge in [-0.25, -0.2) is 19.3 Å². The van der Waals surface area contributed by atoms with E-state index in [1.165, 1.54) is 12.1 Å². The van der Waals surface area contributed by atoms with Crippen LogP contribution in [0.2, 0.25) is 0 Å². The van der Waals surface area contributed by atoms with Crippen molar-refractivity contribution in [3.8, 4) is 22.6 Å². The number of H-pyrrole nitrogens is 1. The number of carbonyl (C=O) groups is 1. The van der Waals surface area contributed by atoms with E-state index in [1.54, 1.807) is 31.3 Å². The van der Waals surface area contributed by atoms with Crippen molar-refractivity contribution in [2.45, 2.75) is 19.6 Å². The van der Waals surface area contributed by atoms with Crippen molar-refractivity contribution in [3.05, 3.63) is 48.2 Å². The van der Waals surface area contributed by atoms with Crippen LogP contribution >= 0.6 is 0 Å². The molecule has 1 saturated heterocycles. The van der Waals surface area contributed by atoms with Crippen LogP contribution in [0.25, 0.3) is 22.6 Å². The number of aromatic nitrogens is 4. The Labute approximate surface area is 231 Å². The minimum atomic E-state index is -0.853. The maximum Gasteiger partial charge on any atom is 0.281 e. The van der Waals surface area contributed by atoms with Gasteiger partial charge in [-0.1, -0.05) is 4.99 Å². The second-order valence-electron chi connectivity index (χ2n) is 9.90. The summed E-state index contributed by atoms with van der Waals surface area (Å²) in [6.07, 6.45) is 5.44. The van der Waals surface area contributed by atoms with Crippen LogP contribution in [-0.4, -0.2) is 88.9 Å². The lowest BCUT2D eigenvalue weighted by atomic mass is 9.91. The zero-order valence-electron chi connectivity index (χ0n) is 22.3. The predicted molar refractivity (Wildman–Crippen MR) is 147 cm³/mol. The molecule has 5 N–H and O–H groups in total.